The van der Waals surface area contributed by atoms with Crippen molar-refractivity contribution < 1.29 is 14.6 Å². The summed E-state index contributed by atoms with van der Waals surface area (Å²) in [6, 6.07) is 18.3. The van der Waals surface area contributed by atoms with Crippen LogP contribution in [-0.2, 0) is 0 Å². The summed E-state index contributed by atoms with van der Waals surface area (Å²) >= 11 is 0. The van der Waals surface area contributed by atoms with Gasteiger partial charge in [0.05, 0.1) is 0 Å². The normalized spacial score (nSPS) is 11.5. The first-order valence-electron chi connectivity index (χ1n) is 7.90. The highest BCUT2D eigenvalue weighted by atomic mass is 16.5. The summed E-state index contributed by atoms with van der Waals surface area (Å²) in [6.45, 7) is 1.64. The monoisotopic (exact) mass is 329 g/mol. The fourth-order valence-corrected chi connectivity index (χ4v) is 2.00. The number of urea groups is 1. The van der Waals surface area contributed by atoms with Crippen LogP contribution in [0.15, 0.2) is 60.7 Å². The number of carbonyl (C=O) groups excluding carboxylic acids is 1. The number of aliphatic hydroxyl groups excluding tert-OH is 1. The summed E-state index contributed by atoms with van der Waals surface area (Å²) in [6.07, 6.45) is -0.608. The van der Waals surface area contributed by atoms with Crippen molar-refractivity contribution in [2.24, 2.45) is 0 Å². The average molecular weight is 329 g/mol. The number of nitrogens with one attached hydrogen (secondary N) is 3. The molecule has 0 aliphatic carbocycles. The Morgan fingerprint density at radius 3 is 2.38 bits per heavy atom. The number of hydrogen-bond acceptors (Lipinski definition) is 4. The minimum Gasteiger partial charge on any atom is -0.491 e. The summed E-state index contributed by atoms with van der Waals surface area (Å²) in [5, 5.41) is 18.4. The second-order valence-corrected chi connectivity index (χ2v) is 5.23. The molecule has 6 nitrogen and oxygen atoms in total. The maximum Gasteiger partial charge on any atom is 0.319 e. The topological polar surface area (TPSA) is 82.6 Å². The number of para-hydroxylation sites is 2. The van der Waals surface area contributed by atoms with Gasteiger partial charge in [-0.1, -0.05) is 36.4 Å². The molecule has 0 bridgehead atoms. The van der Waals surface area contributed by atoms with E-state index in [0.29, 0.717) is 19.6 Å². The molecule has 0 saturated heterocycles. The van der Waals surface area contributed by atoms with E-state index in [1.54, 1.807) is 0 Å². The van der Waals surface area contributed by atoms with Crippen molar-refractivity contribution in [3.05, 3.63) is 60.7 Å². The van der Waals surface area contributed by atoms with Gasteiger partial charge in [-0.25, -0.2) is 4.79 Å². The van der Waals surface area contributed by atoms with Crippen LogP contribution in [-0.4, -0.2) is 43.5 Å². The molecule has 0 aliphatic heterocycles. The van der Waals surface area contributed by atoms with Gasteiger partial charge in [0.25, 0.3) is 0 Å². The molecular formula is C18H23N3O3. The first-order chi connectivity index (χ1) is 11.7. The van der Waals surface area contributed by atoms with E-state index >= 15 is 0 Å². The first kappa shape index (κ1) is 17.8. The molecule has 2 aromatic carbocycles. The standard InChI is InChI=1S/C18H23N3O3/c22-16(14-24-17-9-5-2-6-10-17)13-19-11-12-20-18(23)21-15-7-3-1-4-8-15/h1-10,16,19,22H,11-14H2,(H2,20,21,23). The van der Waals surface area contributed by atoms with Crippen LogP contribution < -0.4 is 20.7 Å². The van der Waals surface area contributed by atoms with Crippen molar-refractivity contribution >= 4 is 11.7 Å². The van der Waals surface area contributed by atoms with Crippen molar-refractivity contribution in [2.75, 3.05) is 31.6 Å². The van der Waals surface area contributed by atoms with Gasteiger partial charge in [-0.2, -0.15) is 0 Å². The van der Waals surface area contributed by atoms with Crippen LogP contribution in [0.4, 0.5) is 10.5 Å². The second kappa shape index (κ2) is 10.3. The number of ether oxygens (including phenoxy) is 1. The van der Waals surface area contributed by atoms with Crippen molar-refractivity contribution in [2.45, 2.75) is 6.10 Å². The zero-order valence-corrected chi connectivity index (χ0v) is 13.4. The summed E-state index contributed by atoms with van der Waals surface area (Å²) in [5.41, 5.74) is 0.747. The van der Waals surface area contributed by atoms with Gasteiger partial charge in [-0.3, -0.25) is 0 Å². The van der Waals surface area contributed by atoms with E-state index in [0.717, 1.165) is 11.4 Å². The molecule has 2 amide bonds. The smallest absolute Gasteiger partial charge is 0.319 e. The lowest BCUT2D eigenvalue weighted by Gasteiger charge is -2.13. The first-order valence-corrected chi connectivity index (χ1v) is 7.90. The third-order valence-electron chi connectivity index (χ3n) is 3.18. The molecule has 0 radical (unpaired) electrons. The van der Waals surface area contributed by atoms with Gasteiger partial charge in [0.15, 0.2) is 0 Å². The Bertz CT molecular complexity index is 593. The highest BCUT2D eigenvalue weighted by Gasteiger charge is 2.05. The third-order valence-corrected chi connectivity index (χ3v) is 3.18. The Morgan fingerprint density at radius 1 is 1.00 bits per heavy atom. The minimum absolute atomic E-state index is 0.221. The van der Waals surface area contributed by atoms with Crippen LogP contribution >= 0.6 is 0 Å². The lowest BCUT2D eigenvalue weighted by atomic mass is 10.3. The molecule has 2 rings (SSSR count). The number of benzene rings is 2. The maximum atomic E-state index is 11.6. The summed E-state index contributed by atoms with van der Waals surface area (Å²) in [4.78, 5) is 11.6. The van der Waals surface area contributed by atoms with Gasteiger partial charge < -0.3 is 25.8 Å². The Morgan fingerprint density at radius 2 is 1.67 bits per heavy atom. The summed E-state index contributed by atoms with van der Waals surface area (Å²) in [7, 11) is 0. The lowest BCUT2D eigenvalue weighted by Crippen LogP contribution is -2.38. The zero-order chi connectivity index (χ0) is 17.0. The van der Waals surface area contributed by atoms with Crippen molar-refractivity contribution in [3.8, 4) is 5.75 Å². The van der Waals surface area contributed by atoms with E-state index < -0.39 is 6.10 Å². The summed E-state index contributed by atoms with van der Waals surface area (Å²) < 4.78 is 5.46. The van der Waals surface area contributed by atoms with Crippen molar-refractivity contribution in [3.63, 3.8) is 0 Å². The average Bonchev–Trinajstić information content (AvgIpc) is 2.61. The molecule has 0 fully saturated rings. The van der Waals surface area contributed by atoms with Crippen LogP contribution in [0.5, 0.6) is 5.75 Å². The third kappa shape index (κ3) is 7.13. The Balaban J connectivity index is 1.50. The number of hydrogen-bond donors (Lipinski definition) is 4. The minimum atomic E-state index is -0.608. The number of carbonyl (C=O) groups is 1. The maximum absolute atomic E-state index is 11.6. The quantitative estimate of drug-likeness (QED) is 0.529. The van der Waals surface area contributed by atoms with Crippen molar-refractivity contribution in [1.29, 1.82) is 0 Å². The number of rotatable bonds is 9. The number of aliphatic hydroxyl groups is 1. The largest absolute Gasteiger partial charge is 0.491 e. The molecule has 128 valence electrons. The fraction of sp³-hybridized carbons (Fsp3) is 0.278. The van der Waals surface area contributed by atoms with E-state index in [-0.39, 0.29) is 12.6 Å². The van der Waals surface area contributed by atoms with Gasteiger partial charge in [0.1, 0.15) is 18.5 Å². The number of amides is 2. The van der Waals surface area contributed by atoms with Crippen LogP contribution in [0.2, 0.25) is 0 Å². The van der Waals surface area contributed by atoms with E-state index in [4.69, 9.17) is 4.74 Å². The Hall–Kier alpha value is -2.57. The van der Waals surface area contributed by atoms with Gasteiger partial charge in [-0.15, -0.1) is 0 Å². The summed E-state index contributed by atoms with van der Waals surface area (Å²) in [5.74, 6) is 0.732. The van der Waals surface area contributed by atoms with Crippen LogP contribution in [0.3, 0.4) is 0 Å². The van der Waals surface area contributed by atoms with Gasteiger partial charge >= 0.3 is 6.03 Å². The molecule has 0 spiro atoms. The molecule has 0 aromatic heterocycles. The predicted octanol–water partition coefficient (Wildman–Crippen LogP) is 1.84. The van der Waals surface area contributed by atoms with E-state index in [9.17, 15) is 9.90 Å². The van der Waals surface area contributed by atoms with Gasteiger partial charge in [0.2, 0.25) is 0 Å². The molecule has 2 aromatic rings. The van der Waals surface area contributed by atoms with Crippen LogP contribution in [0.25, 0.3) is 0 Å². The van der Waals surface area contributed by atoms with Crippen LogP contribution in [0, 0.1) is 0 Å². The molecule has 0 heterocycles. The predicted molar refractivity (Wildman–Crippen MR) is 94.3 cm³/mol. The van der Waals surface area contributed by atoms with E-state index in [1.165, 1.54) is 0 Å². The van der Waals surface area contributed by atoms with Crippen molar-refractivity contribution in [1.82, 2.24) is 10.6 Å². The van der Waals surface area contributed by atoms with Gasteiger partial charge in [-0.05, 0) is 24.3 Å². The van der Waals surface area contributed by atoms with Crippen LogP contribution in [0.1, 0.15) is 0 Å². The zero-order valence-electron chi connectivity index (χ0n) is 13.4. The van der Waals surface area contributed by atoms with E-state index in [1.807, 2.05) is 60.7 Å². The van der Waals surface area contributed by atoms with Gasteiger partial charge in [0, 0.05) is 25.3 Å². The molecule has 6 heteroatoms. The Kier molecular flexibility index (Phi) is 7.59. The molecule has 1 atom stereocenters. The molecule has 1 unspecified atom stereocenters. The molecule has 4 N–H and O–H groups in total. The highest BCUT2D eigenvalue weighted by molar-refractivity contribution is 5.89. The van der Waals surface area contributed by atoms with E-state index in [2.05, 4.69) is 16.0 Å². The second-order valence-electron chi connectivity index (χ2n) is 5.23. The molecule has 24 heavy (non-hydrogen) atoms. The molecular weight excluding hydrogens is 306 g/mol. The Labute approximate surface area is 141 Å². The number of anilines is 1. The SMILES string of the molecule is O=C(NCCNCC(O)COc1ccccc1)Nc1ccccc1. The molecule has 0 saturated carbocycles. The highest BCUT2D eigenvalue weighted by Crippen LogP contribution is 2.08. The lowest BCUT2D eigenvalue weighted by molar-refractivity contribution is 0.106. The molecule has 0 aliphatic rings. The fourth-order valence-electron chi connectivity index (χ4n) is 2.00.